The van der Waals surface area contributed by atoms with Crippen LogP contribution in [0.1, 0.15) is 53.7 Å². The average molecular weight is 483 g/mol. The maximum atomic E-state index is 12.2. The van der Waals surface area contributed by atoms with Crippen LogP contribution in [0.2, 0.25) is 0 Å². The number of carbonyl (C=O) groups excluding carboxylic acids is 1. The lowest BCUT2D eigenvalue weighted by Crippen LogP contribution is -2.33. The molecule has 7 heteroatoms. The Kier molecular flexibility index (Phi) is 6.72. The van der Waals surface area contributed by atoms with Gasteiger partial charge in [-0.1, -0.05) is 18.6 Å². The molecule has 1 unspecified atom stereocenters. The second kappa shape index (κ2) is 10.1. The number of nitrogens with one attached hydrogen (secondary N) is 1. The van der Waals surface area contributed by atoms with Gasteiger partial charge in [0.2, 0.25) is 0 Å². The molecule has 0 saturated carbocycles. The van der Waals surface area contributed by atoms with Gasteiger partial charge in [-0.15, -0.1) is 10.2 Å². The van der Waals surface area contributed by atoms with E-state index in [0.717, 1.165) is 60.7 Å². The normalized spacial score (nSPS) is 17.5. The number of anilines is 2. The summed E-state index contributed by atoms with van der Waals surface area (Å²) in [7, 11) is 5.41. The van der Waals surface area contributed by atoms with E-state index in [1.165, 1.54) is 16.8 Å². The lowest BCUT2D eigenvalue weighted by Gasteiger charge is -2.34. The molecule has 3 aromatic rings. The Bertz CT molecular complexity index is 1260. The zero-order valence-corrected chi connectivity index (χ0v) is 21.5. The standard InChI is InChI=1S/C29H34N6O/c1-19-22(18-25-24(11-14-31-28(19)25)26-9-10-27(30-2)33-32-26)17-20-12-15-35(16-13-20)23-7-5-21(6-8-23)29(36)34(3)4/h5-11,14,18-20H,12-13,15-17H2,1-4H3,(H,30,33). The van der Waals surface area contributed by atoms with E-state index in [1.54, 1.807) is 19.0 Å². The number of hydrogen-bond acceptors (Lipinski definition) is 6. The van der Waals surface area contributed by atoms with Gasteiger partial charge >= 0.3 is 0 Å². The van der Waals surface area contributed by atoms with Gasteiger partial charge in [0.1, 0.15) is 5.82 Å². The summed E-state index contributed by atoms with van der Waals surface area (Å²) in [4.78, 5) is 21.0. The second-order valence-electron chi connectivity index (χ2n) is 10.0. The van der Waals surface area contributed by atoms with Crippen molar-refractivity contribution in [3.63, 3.8) is 0 Å². The molecule has 1 aliphatic heterocycles. The molecular formula is C29H34N6O. The first kappa shape index (κ1) is 24.0. The van der Waals surface area contributed by atoms with Crippen molar-refractivity contribution >= 4 is 23.5 Å². The number of nitrogens with zero attached hydrogens (tertiary/aromatic N) is 5. The highest BCUT2D eigenvalue weighted by molar-refractivity contribution is 5.94. The van der Waals surface area contributed by atoms with Crippen molar-refractivity contribution in [2.24, 2.45) is 5.92 Å². The quantitative estimate of drug-likeness (QED) is 0.528. The third-order valence-corrected chi connectivity index (χ3v) is 7.54. The van der Waals surface area contributed by atoms with Crippen LogP contribution in [0.15, 0.2) is 54.2 Å². The van der Waals surface area contributed by atoms with Crippen molar-refractivity contribution in [1.82, 2.24) is 20.1 Å². The van der Waals surface area contributed by atoms with Gasteiger partial charge in [-0.05, 0) is 67.6 Å². The van der Waals surface area contributed by atoms with E-state index in [1.807, 2.05) is 43.6 Å². The van der Waals surface area contributed by atoms with Crippen LogP contribution in [-0.2, 0) is 0 Å². The van der Waals surface area contributed by atoms with Gasteiger partial charge in [0.25, 0.3) is 5.91 Å². The summed E-state index contributed by atoms with van der Waals surface area (Å²) >= 11 is 0. The van der Waals surface area contributed by atoms with E-state index in [2.05, 4.69) is 45.5 Å². The fraction of sp³-hybridized carbons (Fsp3) is 0.379. The fourth-order valence-corrected chi connectivity index (χ4v) is 5.34. The first-order valence-corrected chi connectivity index (χ1v) is 12.7. The van der Waals surface area contributed by atoms with Gasteiger partial charge in [0.05, 0.1) is 11.4 Å². The number of hydrogen-bond donors (Lipinski definition) is 1. The Morgan fingerprint density at radius 1 is 1.06 bits per heavy atom. The molecule has 3 heterocycles. The summed E-state index contributed by atoms with van der Waals surface area (Å²) in [6, 6.07) is 14.1. The Morgan fingerprint density at radius 3 is 2.44 bits per heavy atom. The van der Waals surface area contributed by atoms with E-state index in [4.69, 9.17) is 4.98 Å². The molecule has 2 aromatic heterocycles. The minimum Gasteiger partial charge on any atom is -0.372 e. The van der Waals surface area contributed by atoms with Crippen LogP contribution in [0.5, 0.6) is 0 Å². The van der Waals surface area contributed by atoms with Crippen LogP contribution in [-0.4, -0.2) is 60.2 Å². The van der Waals surface area contributed by atoms with Crippen LogP contribution >= 0.6 is 0 Å². The van der Waals surface area contributed by atoms with E-state index in [9.17, 15) is 4.79 Å². The molecular weight excluding hydrogens is 448 g/mol. The number of piperidine rings is 1. The zero-order valence-electron chi connectivity index (χ0n) is 21.5. The molecule has 5 rings (SSSR count). The first-order chi connectivity index (χ1) is 17.4. The third kappa shape index (κ3) is 4.70. The molecule has 1 aliphatic carbocycles. The summed E-state index contributed by atoms with van der Waals surface area (Å²) in [6.45, 7) is 4.35. The summed E-state index contributed by atoms with van der Waals surface area (Å²) in [5, 5.41) is 11.7. The number of fused-ring (bicyclic) bond motifs is 1. The summed E-state index contributed by atoms with van der Waals surface area (Å²) in [5.74, 6) is 1.79. The van der Waals surface area contributed by atoms with Crippen molar-refractivity contribution in [2.75, 3.05) is 44.4 Å². The molecule has 7 nitrogen and oxygen atoms in total. The maximum absolute atomic E-state index is 12.2. The molecule has 1 atom stereocenters. The van der Waals surface area contributed by atoms with Crippen molar-refractivity contribution < 1.29 is 4.79 Å². The number of rotatable bonds is 6. The molecule has 1 N–H and O–H groups in total. The van der Waals surface area contributed by atoms with E-state index in [-0.39, 0.29) is 5.91 Å². The molecule has 186 valence electrons. The summed E-state index contributed by atoms with van der Waals surface area (Å²) in [5.41, 5.74) is 7.71. The molecule has 0 bridgehead atoms. The highest BCUT2D eigenvalue weighted by Gasteiger charge is 2.29. The van der Waals surface area contributed by atoms with Crippen LogP contribution < -0.4 is 10.2 Å². The van der Waals surface area contributed by atoms with Crippen molar-refractivity contribution in [3.8, 4) is 11.3 Å². The molecule has 2 aliphatic rings. The smallest absolute Gasteiger partial charge is 0.253 e. The third-order valence-electron chi connectivity index (χ3n) is 7.54. The molecule has 1 fully saturated rings. The fourth-order valence-electron chi connectivity index (χ4n) is 5.34. The molecule has 1 amide bonds. The minimum absolute atomic E-state index is 0.0416. The predicted molar refractivity (Wildman–Crippen MR) is 145 cm³/mol. The number of amides is 1. The summed E-state index contributed by atoms with van der Waals surface area (Å²) in [6.07, 6.45) is 7.67. The van der Waals surface area contributed by atoms with E-state index < -0.39 is 0 Å². The molecule has 0 spiro atoms. The van der Waals surface area contributed by atoms with E-state index in [0.29, 0.717) is 11.8 Å². The Balaban J connectivity index is 1.24. The molecule has 36 heavy (non-hydrogen) atoms. The maximum Gasteiger partial charge on any atom is 0.253 e. The molecule has 0 radical (unpaired) electrons. The lowest BCUT2D eigenvalue weighted by atomic mass is 9.86. The van der Waals surface area contributed by atoms with E-state index >= 15 is 0 Å². The monoisotopic (exact) mass is 482 g/mol. The highest BCUT2D eigenvalue weighted by Crippen LogP contribution is 2.42. The average Bonchev–Trinajstić information content (AvgIpc) is 3.24. The number of carbonyl (C=O) groups is 1. The lowest BCUT2D eigenvalue weighted by molar-refractivity contribution is 0.0827. The summed E-state index contributed by atoms with van der Waals surface area (Å²) < 4.78 is 0. The molecule has 1 aromatic carbocycles. The van der Waals surface area contributed by atoms with Crippen molar-refractivity contribution in [1.29, 1.82) is 0 Å². The largest absolute Gasteiger partial charge is 0.372 e. The SMILES string of the molecule is CNc1ccc(-c2ccnc3c2C=C(CC2CCN(c4ccc(C(=O)N(C)C)cc4)CC2)C3C)nn1. The van der Waals surface area contributed by atoms with Gasteiger partial charge in [0, 0.05) is 68.7 Å². The predicted octanol–water partition coefficient (Wildman–Crippen LogP) is 5.09. The van der Waals surface area contributed by atoms with Gasteiger partial charge < -0.3 is 15.1 Å². The minimum atomic E-state index is 0.0416. The number of allylic oxidation sites excluding steroid dienone is 1. The van der Waals surface area contributed by atoms with Crippen molar-refractivity contribution in [2.45, 2.75) is 32.1 Å². The van der Waals surface area contributed by atoms with Crippen LogP contribution in [0.25, 0.3) is 17.3 Å². The highest BCUT2D eigenvalue weighted by atomic mass is 16.2. The number of pyridine rings is 1. The first-order valence-electron chi connectivity index (χ1n) is 12.7. The molecule has 1 saturated heterocycles. The van der Waals surface area contributed by atoms with Gasteiger partial charge in [-0.2, -0.15) is 0 Å². The second-order valence-corrected chi connectivity index (χ2v) is 10.0. The Hall–Kier alpha value is -3.74. The van der Waals surface area contributed by atoms with Crippen LogP contribution in [0.3, 0.4) is 0 Å². The number of aromatic nitrogens is 3. The Morgan fingerprint density at radius 2 is 1.81 bits per heavy atom. The van der Waals surface area contributed by atoms with Crippen LogP contribution in [0, 0.1) is 5.92 Å². The van der Waals surface area contributed by atoms with Crippen molar-refractivity contribution in [3.05, 3.63) is 71.1 Å². The van der Waals surface area contributed by atoms with Gasteiger partial charge in [-0.3, -0.25) is 9.78 Å². The van der Waals surface area contributed by atoms with Crippen LogP contribution in [0.4, 0.5) is 11.5 Å². The van der Waals surface area contributed by atoms with Gasteiger partial charge in [-0.25, -0.2) is 0 Å². The zero-order chi connectivity index (χ0) is 25.2. The number of benzene rings is 1. The van der Waals surface area contributed by atoms with Gasteiger partial charge in [0.15, 0.2) is 0 Å². The Labute approximate surface area is 213 Å². The topological polar surface area (TPSA) is 74.2 Å².